The van der Waals surface area contributed by atoms with Crippen LogP contribution in [0.5, 0.6) is 0 Å². The maximum absolute atomic E-state index is 5.91. The van der Waals surface area contributed by atoms with Crippen LogP contribution in [0.4, 0.5) is 11.4 Å². The summed E-state index contributed by atoms with van der Waals surface area (Å²) in [5.74, 6) is 0.670. The van der Waals surface area contributed by atoms with Crippen LogP contribution in [-0.2, 0) is 0 Å². The second kappa shape index (κ2) is 6.67. The topological polar surface area (TPSA) is 29.3 Å². The number of anilines is 2. The van der Waals surface area contributed by atoms with Gasteiger partial charge in [0, 0.05) is 24.0 Å². The number of benzene rings is 1. The molecule has 0 saturated heterocycles. The lowest BCUT2D eigenvalue weighted by atomic mass is 10.0. The molecule has 0 unspecified atom stereocenters. The largest absolute Gasteiger partial charge is 0.399 e. The maximum atomic E-state index is 5.91. The zero-order chi connectivity index (χ0) is 13.7. The number of nitrogens with two attached hydrogens (primary N) is 1. The summed E-state index contributed by atoms with van der Waals surface area (Å²) >= 11 is 0. The molecule has 2 heteroatoms. The summed E-state index contributed by atoms with van der Waals surface area (Å²) in [5, 5.41) is 0. The first kappa shape index (κ1) is 14.9. The summed E-state index contributed by atoms with van der Waals surface area (Å²) in [7, 11) is 0. The third kappa shape index (κ3) is 3.66. The molecule has 0 atom stereocenters. The Balaban J connectivity index is 3.04. The Morgan fingerprint density at radius 1 is 1.17 bits per heavy atom. The molecule has 0 heterocycles. The molecule has 0 aliphatic heterocycles. The standard InChI is InChI=1S/C16H28N2/c1-6-14(7-2)18(11-12(3)4)15-8-9-16(17)13(5)10-15/h8-10,12,14H,6-7,11,17H2,1-5H3. The van der Waals surface area contributed by atoms with E-state index in [1.54, 1.807) is 0 Å². The van der Waals surface area contributed by atoms with Gasteiger partial charge in [0.1, 0.15) is 0 Å². The van der Waals surface area contributed by atoms with Crippen molar-refractivity contribution in [3.63, 3.8) is 0 Å². The first-order valence-electron chi connectivity index (χ1n) is 7.12. The van der Waals surface area contributed by atoms with Gasteiger partial charge in [0.25, 0.3) is 0 Å². The fraction of sp³-hybridized carbons (Fsp3) is 0.625. The van der Waals surface area contributed by atoms with E-state index in [9.17, 15) is 0 Å². The Labute approximate surface area is 112 Å². The lowest BCUT2D eigenvalue weighted by Gasteiger charge is -2.34. The Kier molecular flexibility index (Phi) is 5.52. The highest BCUT2D eigenvalue weighted by Crippen LogP contribution is 2.25. The summed E-state index contributed by atoms with van der Waals surface area (Å²) in [6, 6.07) is 7.02. The van der Waals surface area contributed by atoms with Crippen LogP contribution in [0.15, 0.2) is 18.2 Å². The summed E-state index contributed by atoms with van der Waals surface area (Å²) in [5.41, 5.74) is 9.28. The van der Waals surface area contributed by atoms with Crippen molar-refractivity contribution in [2.45, 2.75) is 53.5 Å². The number of aryl methyl sites for hydroxylation is 1. The average molecular weight is 248 g/mol. The van der Waals surface area contributed by atoms with Gasteiger partial charge in [0.2, 0.25) is 0 Å². The van der Waals surface area contributed by atoms with Gasteiger partial charge < -0.3 is 10.6 Å². The highest BCUT2D eigenvalue weighted by molar-refractivity contribution is 5.58. The Bertz CT molecular complexity index is 367. The first-order valence-corrected chi connectivity index (χ1v) is 7.12. The molecular formula is C16H28N2. The van der Waals surface area contributed by atoms with E-state index in [-0.39, 0.29) is 0 Å². The fourth-order valence-corrected chi connectivity index (χ4v) is 2.43. The minimum absolute atomic E-state index is 0.621. The minimum atomic E-state index is 0.621. The normalized spacial score (nSPS) is 11.3. The lowest BCUT2D eigenvalue weighted by Crippen LogP contribution is -2.37. The molecule has 0 spiro atoms. The van der Waals surface area contributed by atoms with Gasteiger partial charge in [-0.05, 0) is 49.4 Å². The Morgan fingerprint density at radius 2 is 1.78 bits per heavy atom. The molecule has 0 saturated carbocycles. The van der Waals surface area contributed by atoms with Crippen LogP contribution in [0.3, 0.4) is 0 Å². The average Bonchev–Trinajstić information content (AvgIpc) is 2.32. The summed E-state index contributed by atoms with van der Waals surface area (Å²) in [6.45, 7) is 12.3. The lowest BCUT2D eigenvalue weighted by molar-refractivity contribution is 0.507. The van der Waals surface area contributed by atoms with Gasteiger partial charge in [0.15, 0.2) is 0 Å². The van der Waals surface area contributed by atoms with Crippen molar-refractivity contribution in [1.29, 1.82) is 0 Å². The van der Waals surface area contributed by atoms with E-state index in [0.29, 0.717) is 12.0 Å². The quantitative estimate of drug-likeness (QED) is 0.763. The van der Waals surface area contributed by atoms with Crippen LogP contribution in [0, 0.1) is 12.8 Å². The number of hydrogen-bond donors (Lipinski definition) is 1. The fourth-order valence-electron chi connectivity index (χ4n) is 2.43. The molecule has 0 amide bonds. The van der Waals surface area contributed by atoms with Gasteiger partial charge in [-0.1, -0.05) is 27.7 Å². The summed E-state index contributed by atoms with van der Waals surface area (Å²) in [6.07, 6.45) is 2.37. The molecular weight excluding hydrogens is 220 g/mol. The molecule has 0 aliphatic carbocycles. The SMILES string of the molecule is CCC(CC)N(CC(C)C)c1ccc(N)c(C)c1. The van der Waals surface area contributed by atoms with E-state index in [4.69, 9.17) is 5.73 Å². The number of nitrogen functional groups attached to an aromatic ring is 1. The summed E-state index contributed by atoms with van der Waals surface area (Å²) in [4.78, 5) is 2.54. The molecule has 0 aliphatic rings. The van der Waals surface area contributed by atoms with Gasteiger partial charge in [-0.25, -0.2) is 0 Å². The van der Waals surface area contributed by atoms with Gasteiger partial charge in [-0.15, -0.1) is 0 Å². The molecule has 0 aromatic heterocycles. The smallest absolute Gasteiger partial charge is 0.0372 e. The molecule has 1 aromatic carbocycles. The van der Waals surface area contributed by atoms with Crippen molar-refractivity contribution in [3.05, 3.63) is 23.8 Å². The second-order valence-electron chi connectivity index (χ2n) is 5.56. The molecule has 18 heavy (non-hydrogen) atoms. The predicted octanol–water partition coefficient (Wildman–Crippen LogP) is 4.23. The highest BCUT2D eigenvalue weighted by Gasteiger charge is 2.17. The zero-order valence-electron chi connectivity index (χ0n) is 12.5. The molecule has 0 fully saturated rings. The molecule has 0 bridgehead atoms. The zero-order valence-corrected chi connectivity index (χ0v) is 12.5. The maximum Gasteiger partial charge on any atom is 0.0372 e. The van der Waals surface area contributed by atoms with E-state index >= 15 is 0 Å². The van der Waals surface area contributed by atoms with Crippen LogP contribution in [-0.4, -0.2) is 12.6 Å². The highest BCUT2D eigenvalue weighted by atomic mass is 15.2. The summed E-state index contributed by atoms with van der Waals surface area (Å²) < 4.78 is 0. The molecule has 102 valence electrons. The van der Waals surface area contributed by atoms with Crippen LogP contribution >= 0.6 is 0 Å². The first-order chi connectivity index (χ1) is 8.49. The molecule has 2 N–H and O–H groups in total. The van der Waals surface area contributed by atoms with Crippen LogP contribution in [0.2, 0.25) is 0 Å². The minimum Gasteiger partial charge on any atom is -0.399 e. The number of rotatable bonds is 6. The Morgan fingerprint density at radius 3 is 2.22 bits per heavy atom. The number of nitrogens with zero attached hydrogens (tertiary/aromatic N) is 1. The third-order valence-corrected chi connectivity index (χ3v) is 3.53. The van der Waals surface area contributed by atoms with E-state index in [1.165, 1.54) is 24.1 Å². The van der Waals surface area contributed by atoms with Gasteiger partial charge in [0.05, 0.1) is 0 Å². The van der Waals surface area contributed by atoms with Crippen molar-refractivity contribution in [1.82, 2.24) is 0 Å². The van der Waals surface area contributed by atoms with E-state index < -0.39 is 0 Å². The van der Waals surface area contributed by atoms with Crippen molar-refractivity contribution in [2.75, 3.05) is 17.2 Å². The van der Waals surface area contributed by atoms with Crippen molar-refractivity contribution in [2.24, 2.45) is 5.92 Å². The predicted molar refractivity (Wildman–Crippen MR) is 82.1 cm³/mol. The van der Waals surface area contributed by atoms with Crippen molar-refractivity contribution >= 4 is 11.4 Å². The van der Waals surface area contributed by atoms with Crippen molar-refractivity contribution < 1.29 is 0 Å². The second-order valence-corrected chi connectivity index (χ2v) is 5.56. The van der Waals surface area contributed by atoms with Crippen LogP contribution in [0.1, 0.15) is 46.1 Å². The van der Waals surface area contributed by atoms with Crippen LogP contribution in [0.25, 0.3) is 0 Å². The third-order valence-electron chi connectivity index (χ3n) is 3.53. The van der Waals surface area contributed by atoms with E-state index in [1.807, 2.05) is 6.07 Å². The monoisotopic (exact) mass is 248 g/mol. The molecule has 1 aromatic rings. The molecule has 1 rings (SSSR count). The molecule has 2 nitrogen and oxygen atoms in total. The number of hydrogen-bond acceptors (Lipinski definition) is 2. The van der Waals surface area contributed by atoms with E-state index in [0.717, 1.165) is 12.2 Å². The van der Waals surface area contributed by atoms with E-state index in [2.05, 4.69) is 51.7 Å². The van der Waals surface area contributed by atoms with Gasteiger partial charge in [-0.2, -0.15) is 0 Å². The van der Waals surface area contributed by atoms with Gasteiger partial charge >= 0.3 is 0 Å². The van der Waals surface area contributed by atoms with Crippen LogP contribution < -0.4 is 10.6 Å². The Hall–Kier alpha value is -1.18. The molecule has 0 radical (unpaired) electrons. The van der Waals surface area contributed by atoms with Gasteiger partial charge in [-0.3, -0.25) is 0 Å². The van der Waals surface area contributed by atoms with Crippen molar-refractivity contribution in [3.8, 4) is 0 Å².